The van der Waals surface area contributed by atoms with Gasteiger partial charge in [0.05, 0.1) is 20.3 Å². The highest BCUT2D eigenvalue weighted by atomic mass is 16.7. The van der Waals surface area contributed by atoms with Crippen molar-refractivity contribution in [3.63, 3.8) is 0 Å². The summed E-state index contributed by atoms with van der Waals surface area (Å²) in [5, 5.41) is 63.1. The average Bonchev–Trinajstić information content (AvgIpc) is 3.00. The summed E-state index contributed by atoms with van der Waals surface area (Å²) in [5.74, 6) is -1.65. The summed E-state index contributed by atoms with van der Waals surface area (Å²) in [6.07, 6.45) is -4.76. The fraction of sp³-hybridized carbons (Fsp3) is 0.586. The number of benzene rings is 1. The zero-order valence-electron chi connectivity index (χ0n) is 24.4. The fourth-order valence-corrected chi connectivity index (χ4v) is 5.89. The van der Waals surface area contributed by atoms with Crippen molar-refractivity contribution in [1.29, 1.82) is 0 Å². The molecule has 14 nitrogen and oxygen atoms in total. The van der Waals surface area contributed by atoms with Crippen LogP contribution in [0.4, 0.5) is 0 Å². The summed E-state index contributed by atoms with van der Waals surface area (Å²) in [4.78, 5) is 25.1. The maximum absolute atomic E-state index is 12.6. The molecule has 3 fully saturated rings. The van der Waals surface area contributed by atoms with E-state index in [0.29, 0.717) is 5.57 Å². The Labute approximate surface area is 247 Å². The lowest BCUT2D eigenvalue weighted by molar-refractivity contribution is -0.278. The predicted octanol–water partition coefficient (Wildman–Crippen LogP) is -0.151. The second-order valence-electron chi connectivity index (χ2n) is 11.4. The quantitative estimate of drug-likeness (QED) is 0.122. The highest BCUT2D eigenvalue weighted by Gasteiger charge is 2.72. The third-order valence-electron chi connectivity index (χ3n) is 8.36. The first-order chi connectivity index (χ1) is 20.1. The molecule has 1 aromatic rings. The Morgan fingerprint density at radius 2 is 1.77 bits per heavy atom. The van der Waals surface area contributed by atoms with Crippen molar-refractivity contribution in [3.8, 4) is 23.0 Å². The number of carbonyl (C=O) groups excluding carboxylic acids is 2. The van der Waals surface area contributed by atoms with E-state index < -0.39 is 72.0 Å². The number of phenols is 1. The number of phenolic OH excluding ortho intramolecular Hbond substituents is 1. The van der Waals surface area contributed by atoms with Gasteiger partial charge in [0.15, 0.2) is 11.5 Å². The van der Waals surface area contributed by atoms with E-state index in [-0.39, 0.29) is 35.8 Å². The zero-order chi connectivity index (χ0) is 31.9. The maximum Gasteiger partial charge on any atom is 0.331 e. The SMILES string of the molecule is COc1cc(OC2OC(COC(=O)C=C(C)C=CC3(O)C4(C)CC(O)CC3(C)C(=O)O4)C(O)C(O)C2O)cc(O)c1OC. The van der Waals surface area contributed by atoms with Crippen LogP contribution in [0.3, 0.4) is 0 Å². The monoisotopic (exact) mass is 610 g/mol. The maximum atomic E-state index is 12.6. The smallest absolute Gasteiger partial charge is 0.331 e. The van der Waals surface area contributed by atoms with Gasteiger partial charge in [-0.15, -0.1) is 0 Å². The van der Waals surface area contributed by atoms with Crippen LogP contribution in [0.1, 0.15) is 33.6 Å². The minimum Gasteiger partial charge on any atom is -0.504 e. The first-order valence-corrected chi connectivity index (χ1v) is 13.6. The van der Waals surface area contributed by atoms with E-state index in [0.717, 1.165) is 6.08 Å². The Bertz CT molecular complexity index is 1290. The number of aromatic hydroxyl groups is 1. The molecule has 9 atom stereocenters. The van der Waals surface area contributed by atoms with Crippen LogP contribution in [-0.2, 0) is 23.8 Å². The molecule has 238 valence electrons. The van der Waals surface area contributed by atoms with Crippen molar-refractivity contribution in [1.82, 2.24) is 0 Å². The van der Waals surface area contributed by atoms with Gasteiger partial charge in [-0.25, -0.2) is 4.79 Å². The van der Waals surface area contributed by atoms with Crippen LogP contribution >= 0.6 is 0 Å². The zero-order valence-corrected chi connectivity index (χ0v) is 24.4. The third kappa shape index (κ3) is 5.78. The molecule has 1 saturated carbocycles. The predicted molar refractivity (Wildman–Crippen MR) is 145 cm³/mol. The number of hydrogen-bond donors (Lipinski definition) is 6. The second kappa shape index (κ2) is 11.9. The molecule has 1 aromatic carbocycles. The summed E-state index contributed by atoms with van der Waals surface area (Å²) >= 11 is 0. The molecule has 2 heterocycles. The van der Waals surface area contributed by atoms with Crippen LogP contribution < -0.4 is 14.2 Å². The van der Waals surface area contributed by atoms with E-state index in [1.807, 2.05) is 0 Å². The van der Waals surface area contributed by atoms with Crippen LogP contribution in [0.5, 0.6) is 23.0 Å². The molecule has 3 aliphatic rings. The summed E-state index contributed by atoms with van der Waals surface area (Å²) < 4.78 is 32.0. The Kier molecular flexibility index (Phi) is 9.03. The minimum atomic E-state index is -1.74. The minimum absolute atomic E-state index is 0.00914. The van der Waals surface area contributed by atoms with E-state index >= 15 is 0 Å². The van der Waals surface area contributed by atoms with Crippen LogP contribution in [0, 0.1) is 5.41 Å². The molecule has 6 N–H and O–H groups in total. The summed E-state index contributed by atoms with van der Waals surface area (Å²) in [6.45, 7) is 4.09. The van der Waals surface area contributed by atoms with Gasteiger partial charge < -0.3 is 59.1 Å². The number of hydrogen-bond acceptors (Lipinski definition) is 14. The Morgan fingerprint density at radius 3 is 2.40 bits per heavy atom. The highest BCUT2D eigenvalue weighted by molar-refractivity contribution is 5.84. The number of carbonyl (C=O) groups is 2. The number of ether oxygens (including phenoxy) is 6. The largest absolute Gasteiger partial charge is 0.504 e. The molecule has 4 rings (SSSR count). The molecular weight excluding hydrogens is 572 g/mol. The topological polar surface area (TPSA) is 211 Å². The lowest BCUT2D eigenvalue weighted by atomic mass is 9.59. The first kappa shape index (κ1) is 32.5. The Morgan fingerprint density at radius 1 is 1.07 bits per heavy atom. The van der Waals surface area contributed by atoms with Crippen molar-refractivity contribution in [2.75, 3.05) is 20.8 Å². The summed E-state index contributed by atoms with van der Waals surface area (Å²) in [7, 11) is 2.67. The summed E-state index contributed by atoms with van der Waals surface area (Å²) in [6, 6.07) is 2.52. The number of allylic oxidation sites excluding steroid dienone is 2. The molecule has 0 spiro atoms. The highest BCUT2D eigenvalue weighted by Crippen LogP contribution is 2.58. The first-order valence-electron chi connectivity index (χ1n) is 13.6. The Hall–Kier alpha value is -3.40. The number of aliphatic hydroxyl groups excluding tert-OH is 4. The second-order valence-corrected chi connectivity index (χ2v) is 11.4. The standard InChI is InChI=1S/C29H38O14/c1-14(6-7-29(37)27(2)11-15(30)12-28(29,3)43-26(27)36)8-20(32)40-13-19-21(33)22(34)23(35)25(42-19)41-16-9-17(31)24(39-5)18(10-16)38-4/h6-10,15,19,21-23,25,30-31,33-35,37H,11-13H2,1-5H3. The van der Waals surface area contributed by atoms with E-state index in [1.54, 1.807) is 13.8 Å². The van der Waals surface area contributed by atoms with Gasteiger partial charge in [0, 0.05) is 24.6 Å². The van der Waals surface area contributed by atoms with Gasteiger partial charge in [0.1, 0.15) is 53.4 Å². The van der Waals surface area contributed by atoms with E-state index in [4.69, 9.17) is 28.4 Å². The average molecular weight is 611 g/mol. The van der Waals surface area contributed by atoms with Gasteiger partial charge in [-0.1, -0.05) is 6.08 Å². The van der Waals surface area contributed by atoms with Gasteiger partial charge in [0.25, 0.3) is 0 Å². The van der Waals surface area contributed by atoms with Gasteiger partial charge in [-0.2, -0.15) is 0 Å². The van der Waals surface area contributed by atoms with Gasteiger partial charge in [-0.05, 0) is 38.8 Å². The molecule has 0 amide bonds. The molecule has 9 unspecified atom stereocenters. The molecule has 2 saturated heterocycles. The molecule has 1 aliphatic carbocycles. The van der Waals surface area contributed by atoms with Crippen LogP contribution in [0.15, 0.2) is 35.9 Å². The number of rotatable bonds is 9. The number of esters is 2. The molecule has 43 heavy (non-hydrogen) atoms. The molecule has 0 aromatic heterocycles. The number of aliphatic hydroxyl groups is 5. The molecule has 2 bridgehead atoms. The van der Waals surface area contributed by atoms with Crippen molar-refractivity contribution in [2.45, 2.75) is 81.6 Å². The third-order valence-corrected chi connectivity index (χ3v) is 8.36. The van der Waals surface area contributed by atoms with E-state index in [2.05, 4.69) is 0 Å². The lowest BCUT2D eigenvalue weighted by Crippen LogP contribution is -2.61. The molecule has 0 radical (unpaired) electrons. The van der Waals surface area contributed by atoms with Crippen LogP contribution in [0.25, 0.3) is 0 Å². The Balaban J connectivity index is 1.41. The normalized spacial score (nSPS) is 37.6. The number of fused-ring (bicyclic) bond motifs is 2. The van der Waals surface area contributed by atoms with Crippen molar-refractivity contribution in [3.05, 3.63) is 35.9 Å². The van der Waals surface area contributed by atoms with Gasteiger partial charge >= 0.3 is 11.9 Å². The van der Waals surface area contributed by atoms with Crippen LogP contribution in [0.2, 0.25) is 0 Å². The molecule has 14 heteroatoms. The lowest BCUT2D eigenvalue weighted by Gasteiger charge is -2.47. The van der Waals surface area contributed by atoms with Crippen molar-refractivity contribution < 1.29 is 68.6 Å². The van der Waals surface area contributed by atoms with Gasteiger partial charge in [-0.3, -0.25) is 4.79 Å². The van der Waals surface area contributed by atoms with Crippen molar-refractivity contribution >= 4 is 11.9 Å². The summed E-state index contributed by atoms with van der Waals surface area (Å²) in [5.41, 5.74) is -4.14. The molecular formula is C29H38O14. The van der Waals surface area contributed by atoms with E-state index in [9.17, 15) is 40.2 Å². The number of methoxy groups -OCH3 is 2. The van der Waals surface area contributed by atoms with Gasteiger partial charge in [0.2, 0.25) is 12.0 Å². The van der Waals surface area contributed by atoms with Crippen molar-refractivity contribution in [2.24, 2.45) is 5.41 Å². The van der Waals surface area contributed by atoms with E-state index in [1.165, 1.54) is 45.4 Å². The fourth-order valence-electron chi connectivity index (χ4n) is 5.89. The van der Waals surface area contributed by atoms with Crippen LogP contribution in [-0.4, -0.2) is 111 Å². The molecule has 2 aliphatic heterocycles.